The summed E-state index contributed by atoms with van der Waals surface area (Å²) in [6.07, 6.45) is 0.953. The summed E-state index contributed by atoms with van der Waals surface area (Å²) < 4.78 is 11.0. The molecule has 3 rings (SSSR count). The number of nitrogens with zero attached hydrogens (tertiary/aromatic N) is 3. The van der Waals surface area contributed by atoms with Gasteiger partial charge in [0.1, 0.15) is 18.5 Å². The molecule has 2 aliphatic heterocycles. The topological polar surface area (TPSA) is 86.6 Å². The number of guanidine groups is 1. The Labute approximate surface area is 208 Å². The van der Waals surface area contributed by atoms with Gasteiger partial charge in [0.05, 0.1) is 19.8 Å². The van der Waals surface area contributed by atoms with Gasteiger partial charge in [-0.15, -0.1) is 24.0 Å². The molecule has 2 saturated heterocycles. The largest absolute Gasteiger partial charge is 0.491 e. The van der Waals surface area contributed by atoms with Crippen molar-refractivity contribution in [2.45, 2.75) is 32.8 Å². The maximum atomic E-state index is 12.7. The Morgan fingerprint density at radius 1 is 1.25 bits per heavy atom. The van der Waals surface area contributed by atoms with Crippen LogP contribution >= 0.6 is 24.0 Å². The lowest BCUT2D eigenvalue weighted by Gasteiger charge is -2.36. The van der Waals surface area contributed by atoms with Crippen molar-refractivity contribution in [1.82, 2.24) is 15.1 Å². The Bertz CT molecular complexity index is 734. The fraction of sp³-hybridized carbons (Fsp3) is 0.652. The molecule has 2 fully saturated rings. The summed E-state index contributed by atoms with van der Waals surface area (Å²) in [6.45, 7) is 9.48. The number of aryl methyl sites for hydroxylation is 1. The van der Waals surface area contributed by atoms with E-state index in [0.717, 1.165) is 49.7 Å². The van der Waals surface area contributed by atoms with Crippen LogP contribution in [0.3, 0.4) is 0 Å². The van der Waals surface area contributed by atoms with Crippen LogP contribution in [0.2, 0.25) is 0 Å². The summed E-state index contributed by atoms with van der Waals surface area (Å²) in [5.41, 5.74) is 1.12. The smallest absolute Gasteiger partial charge is 0.225 e. The summed E-state index contributed by atoms with van der Waals surface area (Å²) in [7, 11) is 0. The first-order valence-electron chi connectivity index (χ1n) is 11.3. The molecule has 2 aliphatic rings. The van der Waals surface area contributed by atoms with Gasteiger partial charge in [0.25, 0.3) is 0 Å². The average Bonchev–Trinajstić information content (AvgIpc) is 2.81. The van der Waals surface area contributed by atoms with Crippen molar-refractivity contribution in [2.75, 3.05) is 59.1 Å². The number of carbonyl (C=O) groups is 1. The fourth-order valence-electron chi connectivity index (χ4n) is 3.95. The number of hydrogen-bond donors (Lipinski definition) is 2. The third-order valence-electron chi connectivity index (χ3n) is 5.69. The van der Waals surface area contributed by atoms with Gasteiger partial charge in [-0.05, 0) is 44.4 Å². The molecule has 2 N–H and O–H groups in total. The van der Waals surface area contributed by atoms with Gasteiger partial charge in [-0.1, -0.05) is 12.1 Å². The van der Waals surface area contributed by atoms with Crippen LogP contribution in [0.4, 0.5) is 0 Å². The zero-order valence-electron chi connectivity index (χ0n) is 19.2. The molecule has 180 valence electrons. The molecule has 32 heavy (non-hydrogen) atoms. The SMILES string of the molecule is CCNC(=NCC(O)COc1cccc(C)c1)N1CCC(C(=O)N2CCOCC2)CC1.I. The van der Waals surface area contributed by atoms with Gasteiger partial charge in [0, 0.05) is 38.6 Å². The molecule has 8 nitrogen and oxygen atoms in total. The normalized spacial score (nSPS) is 18.7. The van der Waals surface area contributed by atoms with E-state index in [1.165, 1.54) is 0 Å². The Hall–Kier alpha value is -1.59. The minimum atomic E-state index is -0.686. The second-order valence-electron chi connectivity index (χ2n) is 8.17. The number of rotatable bonds is 7. The maximum Gasteiger partial charge on any atom is 0.225 e. The molecule has 0 radical (unpaired) electrons. The van der Waals surface area contributed by atoms with Gasteiger partial charge in [0.2, 0.25) is 5.91 Å². The highest BCUT2D eigenvalue weighted by atomic mass is 127. The van der Waals surface area contributed by atoms with Gasteiger partial charge in [0.15, 0.2) is 5.96 Å². The predicted octanol–water partition coefficient (Wildman–Crippen LogP) is 1.89. The van der Waals surface area contributed by atoms with Gasteiger partial charge < -0.3 is 29.7 Å². The number of morpholine rings is 1. The summed E-state index contributed by atoms with van der Waals surface area (Å²) in [5.74, 6) is 1.87. The molecule has 1 atom stereocenters. The van der Waals surface area contributed by atoms with Crippen LogP contribution in [0.1, 0.15) is 25.3 Å². The monoisotopic (exact) mass is 560 g/mol. The molecule has 0 aromatic heterocycles. The molecule has 2 heterocycles. The Morgan fingerprint density at radius 2 is 1.97 bits per heavy atom. The van der Waals surface area contributed by atoms with E-state index in [4.69, 9.17) is 9.47 Å². The molecule has 0 bridgehead atoms. The maximum absolute atomic E-state index is 12.7. The zero-order chi connectivity index (χ0) is 22.1. The number of nitrogens with one attached hydrogen (secondary N) is 1. The first-order chi connectivity index (χ1) is 15.1. The molecular formula is C23H37IN4O4. The van der Waals surface area contributed by atoms with Crippen LogP contribution in [0.5, 0.6) is 5.75 Å². The summed E-state index contributed by atoms with van der Waals surface area (Å²) >= 11 is 0. The second-order valence-corrected chi connectivity index (χ2v) is 8.17. The number of piperidine rings is 1. The highest BCUT2D eigenvalue weighted by Gasteiger charge is 2.30. The van der Waals surface area contributed by atoms with Crippen LogP contribution in [0, 0.1) is 12.8 Å². The lowest BCUT2D eigenvalue weighted by atomic mass is 9.95. The quantitative estimate of drug-likeness (QED) is 0.301. The number of amides is 1. The summed E-state index contributed by atoms with van der Waals surface area (Å²) in [5, 5.41) is 13.6. The molecule has 1 aromatic carbocycles. The number of ether oxygens (including phenoxy) is 2. The van der Waals surface area contributed by atoms with Crippen molar-refractivity contribution >= 4 is 35.8 Å². The number of aliphatic hydroxyl groups excluding tert-OH is 1. The van der Waals surface area contributed by atoms with Crippen LogP contribution in [-0.4, -0.2) is 92.0 Å². The number of benzene rings is 1. The number of aliphatic hydroxyl groups is 1. The van der Waals surface area contributed by atoms with Crippen molar-refractivity contribution < 1.29 is 19.4 Å². The van der Waals surface area contributed by atoms with E-state index < -0.39 is 6.10 Å². The van der Waals surface area contributed by atoms with E-state index in [-0.39, 0.29) is 49.0 Å². The number of aliphatic imine (C=N–C) groups is 1. The van der Waals surface area contributed by atoms with E-state index in [1.54, 1.807) is 0 Å². The first-order valence-corrected chi connectivity index (χ1v) is 11.3. The van der Waals surface area contributed by atoms with E-state index >= 15 is 0 Å². The third-order valence-corrected chi connectivity index (χ3v) is 5.69. The lowest BCUT2D eigenvalue weighted by molar-refractivity contribution is -0.140. The van der Waals surface area contributed by atoms with E-state index in [0.29, 0.717) is 26.3 Å². The van der Waals surface area contributed by atoms with E-state index in [1.807, 2.05) is 43.0 Å². The Balaban J connectivity index is 0.00000363. The molecule has 1 aromatic rings. The predicted molar refractivity (Wildman–Crippen MR) is 136 cm³/mol. The molecule has 0 aliphatic carbocycles. The second kappa shape index (κ2) is 13.8. The molecule has 1 unspecified atom stereocenters. The van der Waals surface area contributed by atoms with Gasteiger partial charge >= 0.3 is 0 Å². The molecular weight excluding hydrogens is 523 g/mol. The molecule has 1 amide bonds. The fourth-order valence-corrected chi connectivity index (χ4v) is 3.95. The molecule has 9 heteroatoms. The highest BCUT2D eigenvalue weighted by molar-refractivity contribution is 14.0. The van der Waals surface area contributed by atoms with Crippen molar-refractivity contribution in [1.29, 1.82) is 0 Å². The van der Waals surface area contributed by atoms with Crippen LogP contribution in [0.15, 0.2) is 29.3 Å². The minimum absolute atomic E-state index is 0. The van der Waals surface area contributed by atoms with Gasteiger partial charge in [-0.2, -0.15) is 0 Å². The standard InChI is InChI=1S/C23H36N4O4.HI/c1-3-24-23(25-16-20(28)17-31-21-6-4-5-18(2)15-21)27-9-7-19(8-10-27)22(29)26-11-13-30-14-12-26;/h4-6,15,19-20,28H,3,7-14,16-17H2,1-2H3,(H,24,25);1H. The van der Waals surface area contributed by atoms with Crippen molar-refractivity contribution in [3.8, 4) is 5.75 Å². The van der Waals surface area contributed by atoms with E-state index in [9.17, 15) is 9.90 Å². The third kappa shape index (κ3) is 8.08. The number of hydrogen-bond acceptors (Lipinski definition) is 5. The van der Waals surface area contributed by atoms with Crippen LogP contribution < -0.4 is 10.1 Å². The van der Waals surface area contributed by atoms with Crippen LogP contribution in [0.25, 0.3) is 0 Å². The van der Waals surface area contributed by atoms with E-state index in [2.05, 4.69) is 15.2 Å². The summed E-state index contributed by atoms with van der Waals surface area (Å²) in [4.78, 5) is 21.5. The van der Waals surface area contributed by atoms with Gasteiger partial charge in [-0.25, -0.2) is 0 Å². The number of carbonyl (C=O) groups excluding carboxylic acids is 1. The Morgan fingerprint density at radius 3 is 2.62 bits per heavy atom. The zero-order valence-corrected chi connectivity index (χ0v) is 21.5. The molecule has 0 spiro atoms. The lowest BCUT2D eigenvalue weighted by Crippen LogP contribution is -2.50. The van der Waals surface area contributed by atoms with Gasteiger partial charge in [-0.3, -0.25) is 9.79 Å². The first kappa shape index (κ1) is 26.7. The average molecular weight is 560 g/mol. The minimum Gasteiger partial charge on any atom is -0.491 e. The van der Waals surface area contributed by atoms with Crippen molar-refractivity contribution in [2.24, 2.45) is 10.9 Å². The van der Waals surface area contributed by atoms with Crippen LogP contribution in [-0.2, 0) is 9.53 Å². The Kier molecular flexibility index (Phi) is 11.5. The highest BCUT2D eigenvalue weighted by Crippen LogP contribution is 2.20. The van der Waals surface area contributed by atoms with Crippen molar-refractivity contribution in [3.63, 3.8) is 0 Å². The number of likely N-dealkylation sites (tertiary alicyclic amines) is 1. The molecule has 0 saturated carbocycles. The summed E-state index contributed by atoms with van der Waals surface area (Å²) in [6, 6.07) is 7.78. The van der Waals surface area contributed by atoms with Crippen molar-refractivity contribution in [3.05, 3.63) is 29.8 Å². The number of halogens is 1.